The number of nitriles is 1. The summed E-state index contributed by atoms with van der Waals surface area (Å²) in [5.41, 5.74) is 0. The summed E-state index contributed by atoms with van der Waals surface area (Å²) in [7, 11) is 0. The molecule has 0 amide bonds. The Bertz CT molecular complexity index is 292. The first-order valence-corrected chi connectivity index (χ1v) is 6.89. The van der Waals surface area contributed by atoms with Crippen LogP contribution >= 0.6 is 0 Å². The lowest BCUT2D eigenvalue weighted by atomic mass is 10.0. The van der Waals surface area contributed by atoms with Crippen LogP contribution < -0.4 is 5.32 Å². The number of alkyl halides is 3. The highest BCUT2D eigenvalue weighted by Crippen LogP contribution is 2.26. The summed E-state index contributed by atoms with van der Waals surface area (Å²) in [6.07, 6.45) is -0.376. The van der Waals surface area contributed by atoms with Crippen LogP contribution in [-0.2, 0) is 0 Å². The zero-order chi connectivity index (χ0) is 14.3. The highest BCUT2D eigenvalue weighted by molar-refractivity contribution is 4.91. The van der Waals surface area contributed by atoms with E-state index in [9.17, 15) is 13.2 Å². The number of rotatable bonds is 6. The van der Waals surface area contributed by atoms with Crippen molar-refractivity contribution in [2.24, 2.45) is 5.92 Å². The highest BCUT2D eigenvalue weighted by atomic mass is 19.4. The van der Waals surface area contributed by atoms with Gasteiger partial charge in [-0.25, -0.2) is 0 Å². The molecule has 2 atom stereocenters. The van der Waals surface area contributed by atoms with Crippen LogP contribution in [0.1, 0.15) is 32.6 Å². The minimum atomic E-state index is -4.43. The molecule has 0 bridgehead atoms. The van der Waals surface area contributed by atoms with Crippen molar-refractivity contribution in [2.75, 3.05) is 26.2 Å². The average molecular weight is 277 g/mol. The Hall–Kier alpha value is -0.800. The molecule has 1 aliphatic heterocycles. The van der Waals surface area contributed by atoms with E-state index in [4.69, 9.17) is 5.26 Å². The maximum Gasteiger partial charge on any atom is 0.405 e. The first kappa shape index (κ1) is 16.3. The van der Waals surface area contributed by atoms with Gasteiger partial charge in [0.15, 0.2) is 5.92 Å². The molecule has 19 heavy (non-hydrogen) atoms. The molecular formula is C13H22F3N3. The van der Waals surface area contributed by atoms with Gasteiger partial charge in [0.2, 0.25) is 0 Å². The summed E-state index contributed by atoms with van der Waals surface area (Å²) in [5.74, 6) is -1.89. The molecule has 1 rings (SSSR count). The Balaban J connectivity index is 2.53. The third kappa shape index (κ3) is 5.79. The van der Waals surface area contributed by atoms with Crippen LogP contribution in [0.15, 0.2) is 0 Å². The topological polar surface area (TPSA) is 39.1 Å². The second kappa shape index (κ2) is 7.71. The summed E-state index contributed by atoms with van der Waals surface area (Å²) in [5, 5.41) is 12.0. The van der Waals surface area contributed by atoms with Gasteiger partial charge < -0.3 is 10.2 Å². The van der Waals surface area contributed by atoms with E-state index in [0.29, 0.717) is 13.1 Å². The smallest absolute Gasteiger partial charge is 0.313 e. The van der Waals surface area contributed by atoms with E-state index in [0.717, 1.165) is 32.2 Å². The second-order valence-electron chi connectivity index (χ2n) is 5.13. The molecule has 6 heteroatoms. The normalized spacial score (nSPS) is 22.2. The molecule has 0 aromatic carbocycles. The highest BCUT2D eigenvalue weighted by Gasteiger charge is 2.40. The quantitative estimate of drug-likeness (QED) is 0.811. The molecule has 1 fully saturated rings. The van der Waals surface area contributed by atoms with Crippen LogP contribution in [0.3, 0.4) is 0 Å². The Kier molecular flexibility index (Phi) is 6.59. The maximum atomic E-state index is 12.6. The minimum absolute atomic E-state index is 0.216. The van der Waals surface area contributed by atoms with E-state index in [1.54, 1.807) is 4.90 Å². The molecule has 0 saturated carbocycles. The van der Waals surface area contributed by atoms with E-state index < -0.39 is 12.1 Å². The van der Waals surface area contributed by atoms with E-state index in [2.05, 4.69) is 5.32 Å². The van der Waals surface area contributed by atoms with Gasteiger partial charge in [0.1, 0.15) is 0 Å². The fraction of sp³-hybridized carbons (Fsp3) is 0.923. The SMILES string of the molecule is CCCN(CC1CCCCN1)CC(C#N)C(F)(F)F. The standard InChI is InChI=1S/C13H22F3N3/c1-2-7-19(9-11(8-17)13(14,15)16)10-12-5-3-4-6-18-12/h11-12,18H,2-7,9-10H2,1H3. The van der Waals surface area contributed by atoms with Gasteiger partial charge in [-0.05, 0) is 32.4 Å². The summed E-state index contributed by atoms with van der Waals surface area (Å²) in [6, 6.07) is 1.64. The summed E-state index contributed by atoms with van der Waals surface area (Å²) in [6.45, 7) is 3.86. The van der Waals surface area contributed by atoms with E-state index in [-0.39, 0.29) is 12.6 Å². The maximum absolute atomic E-state index is 12.6. The van der Waals surface area contributed by atoms with Crippen LogP contribution in [0.2, 0.25) is 0 Å². The lowest BCUT2D eigenvalue weighted by Gasteiger charge is -2.31. The van der Waals surface area contributed by atoms with Crippen LogP contribution in [-0.4, -0.2) is 43.3 Å². The zero-order valence-electron chi connectivity index (χ0n) is 11.3. The largest absolute Gasteiger partial charge is 0.405 e. The molecule has 2 unspecified atom stereocenters. The number of hydrogen-bond acceptors (Lipinski definition) is 3. The Labute approximate surface area is 112 Å². The van der Waals surface area contributed by atoms with Gasteiger partial charge in [-0.1, -0.05) is 13.3 Å². The molecule has 0 radical (unpaired) electrons. The molecular weight excluding hydrogens is 255 g/mol. The Morgan fingerprint density at radius 2 is 2.16 bits per heavy atom. The van der Waals surface area contributed by atoms with Gasteiger partial charge in [0.05, 0.1) is 6.07 Å². The van der Waals surface area contributed by atoms with Crippen molar-refractivity contribution in [2.45, 2.75) is 44.8 Å². The number of nitrogens with zero attached hydrogens (tertiary/aromatic N) is 2. The van der Waals surface area contributed by atoms with Crippen molar-refractivity contribution in [3.63, 3.8) is 0 Å². The van der Waals surface area contributed by atoms with E-state index in [1.807, 2.05) is 6.92 Å². The Morgan fingerprint density at radius 1 is 1.42 bits per heavy atom. The van der Waals surface area contributed by atoms with Gasteiger partial charge in [0.25, 0.3) is 0 Å². The third-order valence-electron chi connectivity index (χ3n) is 3.42. The molecule has 110 valence electrons. The summed E-state index contributed by atoms with van der Waals surface area (Å²) in [4.78, 5) is 1.77. The first-order valence-electron chi connectivity index (χ1n) is 6.89. The summed E-state index contributed by atoms with van der Waals surface area (Å²) >= 11 is 0. The van der Waals surface area contributed by atoms with E-state index in [1.165, 1.54) is 6.07 Å². The van der Waals surface area contributed by atoms with Gasteiger partial charge in [-0.2, -0.15) is 18.4 Å². The molecule has 1 heterocycles. The van der Waals surface area contributed by atoms with Crippen molar-refractivity contribution in [3.8, 4) is 6.07 Å². The number of nitrogens with one attached hydrogen (secondary N) is 1. The number of halogens is 3. The molecule has 3 nitrogen and oxygen atoms in total. The second-order valence-corrected chi connectivity index (χ2v) is 5.13. The minimum Gasteiger partial charge on any atom is -0.313 e. The molecule has 0 spiro atoms. The monoisotopic (exact) mass is 277 g/mol. The van der Waals surface area contributed by atoms with E-state index >= 15 is 0 Å². The van der Waals surface area contributed by atoms with Crippen molar-refractivity contribution in [1.82, 2.24) is 10.2 Å². The van der Waals surface area contributed by atoms with Crippen molar-refractivity contribution in [3.05, 3.63) is 0 Å². The van der Waals surface area contributed by atoms with Gasteiger partial charge >= 0.3 is 6.18 Å². The third-order valence-corrected chi connectivity index (χ3v) is 3.42. The van der Waals surface area contributed by atoms with Gasteiger partial charge in [0, 0.05) is 19.1 Å². The zero-order valence-corrected chi connectivity index (χ0v) is 11.3. The van der Waals surface area contributed by atoms with Crippen LogP contribution in [0, 0.1) is 17.2 Å². The van der Waals surface area contributed by atoms with Crippen LogP contribution in [0.4, 0.5) is 13.2 Å². The predicted molar refractivity (Wildman–Crippen MR) is 67.5 cm³/mol. The molecule has 0 aromatic rings. The lowest BCUT2D eigenvalue weighted by Crippen LogP contribution is -2.46. The van der Waals surface area contributed by atoms with Crippen molar-refractivity contribution < 1.29 is 13.2 Å². The van der Waals surface area contributed by atoms with Gasteiger partial charge in [-0.15, -0.1) is 0 Å². The van der Waals surface area contributed by atoms with Crippen molar-refractivity contribution in [1.29, 1.82) is 5.26 Å². The Morgan fingerprint density at radius 3 is 2.63 bits per heavy atom. The predicted octanol–water partition coefficient (Wildman–Crippen LogP) is 2.54. The van der Waals surface area contributed by atoms with Crippen molar-refractivity contribution >= 4 is 0 Å². The van der Waals surface area contributed by atoms with Crippen LogP contribution in [0.25, 0.3) is 0 Å². The fourth-order valence-corrected chi connectivity index (χ4v) is 2.44. The number of hydrogen-bond donors (Lipinski definition) is 1. The molecule has 1 saturated heterocycles. The molecule has 0 aliphatic carbocycles. The fourth-order valence-electron chi connectivity index (χ4n) is 2.44. The lowest BCUT2D eigenvalue weighted by molar-refractivity contribution is -0.163. The molecule has 1 aliphatic rings. The summed E-state index contributed by atoms with van der Waals surface area (Å²) < 4.78 is 37.9. The first-order chi connectivity index (χ1) is 8.97. The average Bonchev–Trinajstić information content (AvgIpc) is 2.35. The van der Waals surface area contributed by atoms with Crippen LogP contribution in [0.5, 0.6) is 0 Å². The molecule has 0 aromatic heterocycles. The van der Waals surface area contributed by atoms with Gasteiger partial charge in [-0.3, -0.25) is 0 Å². The molecule has 1 N–H and O–H groups in total. The number of piperidine rings is 1.